The lowest BCUT2D eigenvalue weighted by Crippen LogP contribution is -2.62. The Kier molecular flexibility index (Phi) is 12.4. The third-order valence-electron chi connectivity index (χ3n) is 16.8. The quantitative estimate of drug-likeness (QED) is 0.150. The number of likely N-dealkylation sites (tertiary alicyclic amines) is 1. The van der Waals surface area contributed by atoms with Crippen LogP contribution in [0.3, 0.4) is 0 Å². The number of esters is 1. The number of hydrogen-bond donors (Lipinski definition) is 2. The lowest BCUT2D eigenvalue weighted by atomic mass is 9.36. The molecule has 0 spiro atoms. The highest BCUT2D eigenvalue weighted by Crippen LogP contribution is 2.74. The summed E-state index contributed by atoms with van der Waals surface area (Å²) in [7, 11) is 0. The summed E-state index contributed by atoms with van der Waals surface area (Å²) in [6.07, 6.45) is 12.6. The molecule has 2 N–H and O–H groups in total. The van der Waals surface area contributed by atoms with Gasteiger partial charge in [0, 0.05) is 24.9 Å². The second-order valence-electron chi connectivity index (χ2n) is 21.7. The molecule has 1 heterocycles. The maximum atomic E-state index is 14.2. The van der Waals surface area contributed by atoms with Gasteiger partial charge in [-0.15, -0.1) is 0 Å². The predicted octanol–water partition coefficient (Wildman–Crippen LogP) is 8.47. The van der Waals surface area contributed by atoms with E-state index in [-0.39, 0.29) is 58.2 Å². The maximum absolute atomic E-state index is 14.2. The third kappa shape index (κ3) is 8.04. The van der Waals surface area contributed by atoms with Crippen molar-refractivity contribution >= 4 is 23.6 Å². The molecule has 6 aliphatic rings. The molecule has 1 amide bonds. The van der Waals surface area contributed by atoms with Crippen LogP contribution in [-0.2, 0) is 23.9 Å². The first-order chi connectivity index (χ1) is 26.2. The average molecular weight is 781 g/mol. The number of aliphatic carboxylic acids is 1. The van der Waals surface area contributed by atoms with Crippen LogP contribution in [0.25, 0.3) is 0 Å². The lowest BCUT2D eigenvalue weighted by molar-refractivity contribution is -0.179. The van der Waals surface area contributed by atoms with Gasteiger partial charge >= 0.3 is 11.9 Å². The van der Waals surface area contributed by atoms with Gasteiger partial charge < -0.3 is 19.8 Å². The van der Waals surface area contributed by atoms with Gasteiger partial charge in [0.05, 0.1) is 24.5 Å². The summed E-state index contributed by atoms with van der Waals surface area (Å²) in [5.74, 6) is 0.278. The SMILES string of the molecule is CC(C)C1=C2C3CCC4C(C)(CCC(OC(=O)CC(C)(C)C(=O)O)C(C)C)CCCC4(C)C3(C)CCC2(C(O)CN(CC2CC2)C(=O)CN2CCCC2)CC1=O. The summed E-state index contributed by atoms with van der Waals surface area (Å²) < 4.78 is 6.03. The molecule has 0 radical (unpaired) electrons. The molecule has 9 nitrogen and oxygen atoms in total. The molecule has 316 valence electrons. The van der Waals surface area contributed by atoms with Crippen molar-refractivity contribution in [3.63, 3.8) is 0 Å². The molecular weight excluding hydrogens is 705 g/mol. The minimum atomic E-state index is -1.17. The Balaban J connectivity index is 1.24. The number of aliphatic hydroxyl groups excluding tert-OH is 1. The summed E-state index contributed by atoms with van der Waals surface area (Å²) in [5.41, 5.74) is 0.445. The number of rotatable bonds is 16. The molecular formula is C47H76N2O7. The van der Waals surface area contributed by atoms with Crippen LogP contribution in [0.5, 0.6) is 0 Å². The van der Waals surface area contributed by atoms with E-state index in [1.54, 1.807) is 13.8 Å². The van der Waals surface area contributed by atoms with Crippen molar-refractivity contribution in [1.82, 2.24) is 9.80 Å². The normalized spacial score (nSPS) is 34.6. The number of nitrogens with zero attached hydrogens (tertiary/aromatic N) is 2. The van der Waals surface area contributed by atoms with Crippen LogP contribution in [0.4, 0.5) is 0 Å². The Morgan fingerprint density at radius 1 is 0.929 bits per heavy atom. The zero-order chi connectivity index (χ0) is 41.0. The number of hydrogen-bond acceptors (Lipinski definition) is 7. The fraction of sp³-hybridized carbons (Fsp3) is 0.872. The third-order valence-corrected chi connectivity index (χ3v) is 16.8. The van der Waals surface area contributed by atoms with Crippen molar-refractivity contribution in [3.8, 4) is 0 Å². The van der Waals surface area contributed by atoms with E-state index in [0.29, 0.717) is 37.9 Å². The van der Waals surface area contributed by atoms with E-state index in [9.17, 15) is 29.4 Å². The summed E-state index contributed by atoms with van der Waals surface area (Å²) in [5, 5.41) is 22.2. The van der Waals surface area contributed by atoms with Crippen LogP contribution in [0.2, 0.25) is 0 Å². The molecule has 0 bridgehead atoms. The van der Waals surface area contributed by atoms with Gasteiger partial charge in [0.25, 0.3) is 0 Å². The molecule has 5 aliphatic carbocycles. The van der Waals surface area contributed by atoms with Crippen molar-refractivity contribution in [1.29, 1.82) is 0 Å². The van der Waals surface area contributed by atoms with Gasteiger partial charge in [-0.2, -0.15) is 0 Å². The maximum Gasteiger partial charge on any atom is 0.309 e. The molecule has 9 heteroatoms. The van der Waals surface area contributed by atoms with E-state index in [2.05, 4.69) is 53.4 Å². The highest BCUT2D eigenvalue weighted by molar-refractivity contribution is 6.00. The van der Waals surface area contributed by atoms with Crippen molar-refractivity contribution in [2.75, 3.05) is 32.7 Å². The number of ketones is 1. The van der Waals surface area contributed by atoms with Gasteiger partial charge in [0.2, 0.25) is 5.91 Å². The Morgan fingerprint density at radius 2 is 1.61 bits per heavy atom. The molecule has 0 aromatic carbocycles. The van der Waals surface area contributed by atoms with Crippen LogP contribution in [0.15, 0.2) is 11.1 Å². The molecule has 8 unspecified atom stereocenters. The van der Waals surface area contributed by atoms with Crippen LogP contribution >= 0.6 is 0 Å². The Bertz CT molecular complexity index is 1540. The van der Waals surface area contributed by atoms with Gasteiger partial charge in [-0.3, -0.25) is 24.1 Å². The van der Waals surface area contributed by atoms with Crippen LogP contribution in [-0.4, -0.2) is 88.6 Å². The number of amides is 1. The Morgan fingerprint density at radius 3 is 2.21 bits per heavy atom. The van der Waals surface area contributed by atoms with E-state index in [0.717, 1.165) is 102 Å². The number of allylic oxidation sites excluding steroid dienone is 1. The fourth-order valence-corrected chi connectivity index (χ4v) is 13.0. The monoisotopic (exact) mass is 781 g/mol. The fourth-order valence-electron chi connectivity index (χ4n) is 13.0. The summed E-state index contributed by atoms with van der Waals surface area (Å²) in [6.45, 7) is 22.5. The van der Waals surface area contributed by atoms with Crippen LogP contribution < -0.4 is 0 Å². The van der Waals surface area contributed by atoms with Crippen molar-refractivity contribution in [3.05, 3.63) is 11.1 Å². The lowest BCUT2D eigenvalue weighted by Gasteiger charge is -2.68. The van der Waals surface area contributed by atoms with E-state index in [1.807, 2.05) is 4.90 Å². The van der Waals surface area contributed by atoms with Gasteiger partial charge in [-0.05, 0) is 155 Å². The zero-order valence-corrected chi connectivity index (χ0v) is 36.5. The van der Waals surface area contributed by atoms with Gasteiger partial charge in [0.1, 0.15) is 6.10 Å². The van der Waals surface area contributed by atoms with E-state index >= 15 is 0 Å². The second kappa shape index (κ2) is 16.1. The second-order valence-corrected chi connectivity index (χ2v) is 21.7. The van der Waals surface area contributed by atoms with Gasteiger partial charge in [0.15, 0.2) is 5.78 Å². The summed E-state index contributed by atoms with van der Waals surface area (Å²) >= 11 is 0. The molecule has 0 aromatic rings. The zero-order valence-electron chi connectivity index (χ0n) is 36.5. The minimum absolute atomic E-state index is 0.0278. The van der Waals surface area contributed by atoms with E-state index in [4.69, 9.17) is 4.74 Å². The number of carboxylic acids is 1. The van der Waals surface area contributed by atoms with Crippen molar-refractivity contribution < 1.29 is 34.1 Å². The number of carbonyl (C=O) groups excluding carboxylic acids is 3. The minimum Gasteiger partial charge on any atom is -0.481 e. The molecule has 1 aliphatic heterocycles. The van der Waals surface area contributed by atoms with Gasteiger partial charge in [-0.1, -0.05) is 60.5 Å². The molecule has 4 saturated carbocycles. The number of fused-ring (bicyclic) bond motifs is 5. The first-order valence-corrected chi connectivity index (χ1v) is 22.6. The van der Waals surface area contributed by atoms with Crippen LogP contribution in [0.1, 0.15) is 159 Å². The van der Waals surface area contributed by atoms with Gasteiger partial charge in [-0.25, -0.2) is 0 Å². The van der Waals surface area contributed by atoms with E-state index < -0.39 is 28.9 Å². The standard InChI is InChI=1S/C47H76N2O7/c1-30(2)35(56-39(53)26-43(5,6)42(54)55)17-20-44(7)18-12-19-46(9)36(44)16-15-33-41-40(31(3)4)34(50)25-47(41,22-21-45(33,46)8)37(51)28-49(27-32-13-14-32)38(52)29-48-23-10-11-24-48/h30-33,35-37,51H,10-29H2,1-9H3,(H,54,55). The average Bonchev–Trinajstić information content (AvgIpc) is 3.66. The summed E-state index contributed by atoms with van der Waals surface area (Å²) in [6, 6.07) is 0. The van der Waals surface area contributed by atoms with Crippen molar-refractivity contribution in [2.24, 2.45) is 56.7 Å². The van der Waals surface area contributed by atoms with E-state index in [1.165, 1.54) is 5.57 Å². The van der Waals surface area contributed by atoms with Crippen molar-refractivity contribution in [2.45, 2.75) is 171 Å². The molecule has 6 rings (SSSR count). The molecule has 8 atom stereocenters. The molecule has 1 saturated heterocycles. The van der Waals surface area contributed by atoms with Crippen LogP contribution in [0, 0.1) is 56.7 Å². The molecule has 5 fully saturated rings. The number of aliphatic hydroxyl groups is 1. The Hall–Kier alpha value is -2.26. The first-order valence-electron chi connectivity index (χ1n) is 22.6. The number of ether oxygens (including phenoxy) is 1. The highest BCUT2D eigenvalue weighted by Gasteiger charge is 2.68. The topological polar surface area (TPSA) is 124 Å². The summed E-state index contributed by atoms with van der Waals surface area (Å²) in [4.78, 5) is 57.1. The first kappa shape index (κ1) is 43.3. The predicted molar refractivity (Wildman–Crippen MR) is 219 cm³/mol. The molecule has 56 heavy (non-hydrogen) atoms. The number of carbonyl (C=O) groups is 4. The largest absolute Gasteiger partial charge is 0.481 e. The smallest absolute Gasteiger partial charge is 0.309 e. The Labute approximate surface area is 338 Å². The highest BCUT2D eigenvalue weighted by atomic mass is 16.5. The number of carboxylic acid groups (broad SMARTS) is 1. The number of Topliss-reactive ketones (excluding diaryl/α,β-unsaturated/α-hetero) is 1. The molecule has 0 aromatic heterocycles.